The van der Waals surface area contributed by atoms with Gasteiger partial charge in [-0.15, -0.1) is 0 Å². The lowest BCUT2D eigenvalue weighted by atomic mass is 10.2. The van der Waals surface area contributed by atoms with E-state index in [0.29, 0.717) is 0 Å². The summed E-state index contributed by atoms with van der Waals surface area (Å²) < 4.78 is 6.35. The number of rotatable bonds is 0. The fraction of sp³-hybridized carbons (Fsp3) is 0. The van der Waals surface area contributed by atoms with Gasteiger partial charge >= 0.3 is 0 Å². The Labute approximate surface area is 151 Å². The number of imidazole rings is 3. The fourth-order valence-electron chi connectivity index (χ4n) is 4.16. The molecule has 0 aliphatic heterocycles. The molecule has 0 saturated carbocycles. The van der Waals surface area contributed by atoms with Crippen molar-refractivity contribution >= 4 is 50.0 Å². The van der Waals surface area contributed by atoms with Gasteiger partial charge in [-0.25, -0.2) is 15.0 Å². The van der Waals surface area contributed by atoms with Crippen LogP contribution in [0, 0.1) is 0 Å². The Balaban J connectivity index is 1.95. The first-order valence-electron chi connectivity index (χ1n) is 8.82. The van der Waals surface area contributed by atoms with Gasteiger partial charge in [0.2, 0.25) is 0 Å². The van der Waals surface area contributed by atoms with E-state index < -0.39 is 0 Å². The van der Waals surface area contributed by atoms with Gasteiger partial charge in [0.15, 0.2) is 0 Å². The second-order valence-electron chi connectivity index (χ2n) is 6.71. The molecule has 6 heterocycles. The second-order valence-corrected chi connectivity index (χ2v) is 6.71. The predicted molar refractivity (Wildman–Crippen MR) is 105 cm³/mol. The smallest absolute Gasteiger partial charge is 0.138 e. The van der Waals surface area contributed by atoms with Crippen LogP contribution >= 0.6 is 0 Å². The molecule has 6 aromatic heterocycles. The molecule has 0 amide bonds. The topological polar surface area (TPSA) is 51.9 Å². The summed E-state index contributed by atoms with van der Waals surface area (Å²) in [5.41, 5.74) is 8.53. The summed E-state index contributed by atoms with van der Waals surface area (Å²) in [7, 11) is 0. The van der Waals surface area contributed by atoms with Crippen molar-refractivity contribution in [3.63, 3.8) is 0 Å². The summed E-state index contributed by atoms with van der Waals surface area (Å²) in [5, 5.41) is 0. The molecule has 0 spiro atoms. The minimum atomic E-state index is 0.907. The summed E-state index contributed by atoms with van der Waals surface area (Å²) in [6.45, 7) is 0. The average molecular weight is 348 g/mol. The molecule has 7 aromatic rings. The molecule has 0 atom stereocenters. The molecule has 0 bridgehead atoms. The highest BCUT2D eigenvalue weighted by molar-refractivity contribution is 6.21. The van der Waals surface area contributed by atoms with Gasteiger partial charge in [0.05, 0.1) is 0 Å². The van der Waals surface area contributed by atoms with Gasteiger partial charge in [-0.3, -0.25) is 13.2 Å². The van der Waals surface area contributed by atoms with Crippen molar-refractivity contribution in [1.29, 1.82) is 0 Å². The third kappa shape index (κ3) is 1.50. The standard InChI is InChI=1S/C21H12N6/c1-4-10-25-13(7-1)22-16-19(25)17-21(27-12-6-3-8-14(27)23-17)18-20(16)26-11-5-2-9-15(26)24-18/h1-12H. The van der Waals surface area contributed by atoms with Crippen molar-refractivity contribution in [3.8, 4) is 0 Å². The predicted octanol–water partition coefficient (Wildman–Crippen LogP) is 4.09. The minimum Gasteiger partial charge on any atom is -0.298 e. The molecule has 0 radical (unpaired) electrons. The van der Waals surface area contributed by atoms with E-state index in [-0.39, 0.29) is 0 Å². The van der Waals surface area contributed by atoms with Crippen LogP contribution in [-0.4, -0.2) is 28.2 Å². The van der Waals surface area contributed by atoms with Crippen molar-refractivity contribution < 1.29 is 0 Å². The highest BCUT2D eigenvalue weighted by Gasteiger charge is 2.22. The lowest BCUT2D eigenvalue weighted by Crippen LogP contribution is -1.88. The number of aromatic nitrogens is 6. The first kappa shape index (κ1) is 13.3. The Kier molecular flexibility index (Phi) is 2.18. The van der Waals surface area contributed by atoms with Crippen LogP contribution in [0.25, 0.3) is 50.0 Å². The quantitative estimate of drug-likeness (QED) is 0.415. The van der Waals surface area contributed by atoms with Crippen molar-refractivity contribution in [1.82, 2.24) is 28.2 Å². The number of hydrogen-bond acceptors (Lipinski definition) is 3. The van der Waals surface area contributed by atoms with Crippen molar-refractivity contribution in [3.05, 3.63) is 73.2 Å². The van der Waals surface area contributed by atoms with E-state index >= 15 is 0 Å². The molecule has 0 aliphatic carbocycles. The van der Waals surface area contributed by atoms with Crippen LogP contribution in [0.3, 0.4) is 0 Å². The first-order valence-corrected chi connectivity index (χ1v) is 8.82. The highest BCUT2D eigenvalue weighted by Crippen LogP contribution is 2.35. The van der Waals surface area contributed by atoms with Gasteiger partial charge in [-0.2, -0.15) is 0 Å². The maximum atomic E-state index is 4.94. The monoisotopic (exact) mass is 348 g/mol. The van der Waals surface area contributed by atoms with Gasteiger partial charge in [0, 0.05) is 18.6 Å². The van der Waals surface area contributed by atoms with Gasteiger partial charge in [-0.1, -0.05) is 18.2 Å². The number of hydrogen-bond donors (Lipinski definition) is 0. The van der Waals surface area contributed by atoms with E-state index in [2.05, 4.69) is 13.2 Å². The Hall–Kier alpha value is -3.93. The van der Waals surface area contributed by atoms with Gasteiger partial charge in [-0.05, 0) is 36.4 Å². The molecule has 7 rings (SSSR count). The summed E-state index contributed by atoms with van der Waals surface area (Å²) in [5.74, 6) is 0. The van der Waals surface area contributed by atoms with Gasteiger partial charge in [0.25, 0.3) is 0 Å². The van der Waals surface area contributed by atoms with Crippen LogP contribution in [-0.2, 0) is 0 Å². The van der Waals surface area contributed by atoms with Crippen LogP contribution in [0.2, 0.25) is 0 Å². The van der Waals surface area contributed by atoms with Gasteiger partial charge in [0.1, 0.15) is 50.0 Å². The van der Waals surface area contributed by atoms with Crippen LogP contribution in [0.1, 0.15) is 0 Å². The van der Waals surface area contributed by atoms with E-state index in [1.54, 1.807) is 0 Å². The molecule has 0 unspecified atom stereocenters. The number of fused-ring (bicyclic) bond motifs is 12. The Morgan fingerprint density at radius 2 is 0.778 bits per heavy atom. The maximum absolute atomic E-state index is 4.94. The second kappa shape index (κ2) is 4.42. The fourth-order valence-corrected chi connectivity index (χ4v) is 4.16. The SMILES string of the molecule is c1ccn2c(c1)nc1c2c2nc3ccccn3c2c2nc3ccccn3c12. The molecular weight excluding hydrogens is 336 g/mol. The zero-order chi connectivity index (χ0) is 17.5. The molecule has 0 fully saturated rings. The molecule has 27 heavy (non-hydrogen) atoms. The van der Waals surface area contributed by atoms with E-state index in [0.717, 1.165) is 50.0 Å². The summed E-state index contributed by atoms with van der Waals surface area (Å²) in [6, 6.07) is 18.2. The number of nitrogens with zero attached hydrogens (tertiary/aromatic N) is 6. The zero-order valence-electron chi connectivity index (χ0n) is 14.1. The third-order valence-corrected chi connectivity index (χ3v) is 5.26. The summed E-state index contributed by atoms with van der Waals surface area (Å²) >= 11 is 0. The summed E-state index contributed by atoms with van der Waals surface area (Å²) in [4.78, 5) is 14.8. The Morgan fingerprint density at radius 3 is 1.11 bits per heavy atom. The lowest BCUT2D eigenvalue weighted by molar-refractivity contribution is 1.23. The van der Waals surface area contributed by atoms with Crippen LogP contribution in [0.15, 0.2) is 73.2 Å². The van der Waals surface area contributed by atoms with Crippen molar-refractivity contribution in [2.24, 2.45) is 0 Å². The largest absolute Gasteiger partial charge is 0.298 e. The van der Waals surface area contributed by atoms with E-state index in [1.165, 1.54) is 0 Å². The molecule has 126 valence electrons. The van der Waals surface area contributed by atoms with E-state index in [4.69, 9.17) is 15.0 Å². The highest BCUT2D eigenvalue weighted by atomic mass is 15.1. The number of pyridine rings is 3. The van der Waals surface area contributed by atoms with E-state index in [9.17, 15) is 0 Å². The average Bonchev–Trinajstić information content (AvgIpc) is 3.38. The first-order chi connectivity index (χ1) is 13.4. The molecular formula is C21H12N6. The normalized spacial score (nSPS) is 12.4. The van der Waals surface area contributed by atoms with Crippen molar-refractivity contribution in [2.45, 2.75) is 0 Å². The zero-order valence-corrected chi connectivity index (χ0v) is 14.1. The van der Waals surface area contributed by atoms with Crippen LogP contribution in [0.4, 0.5) is 0 Å². The molecule has 0 N–H and O–H groups in total. The number of benzene rings is 1. The Morgan fingerprint density at radius 1 is 0.444 bits per heavy atom. The van der Waals surface area contributed by atoms with Crippen molar-refractivity contribution in [2.75, 3.05) is 0 Å². The molecule has 0 aliphatic rings. The third-order valence-electron chi connectivity index (χ3n) is 5.26. The van der Waals surface area contributed by atoms with Crippen LogP contribution < -0.4 is 0 Å². The van der Waals surface area contributed by atoms with Gasteiger partial charge < -0.3 is 0 Å². The molecule has 0 saturated heterocycles. The minimum absolute atomic E-state index is 0.907. The molecule has 1 aromatic carbocycles. The molecule has 6 heteroatoms. The van der Waals surface area contributed by atoms with E-state index in [1.807, 2.05) is 73.2 Å². The maximum Gasteiger partial charge on any atom is 0.138 e. The Bertz CT molecular complexity index is 1450. The summed E-state index contributed by atoms with van der Waals surface area (Å²) in [6.07, 6.45) is 6.13. The lowest BCUT2D eigenvalue weighted by Gasteiger charge is -2.00. The van der Waals surface area contributed by atoms with Crippen LogP contribution in [0.5, 0.6) is 0 Å². The molecule has 6 nitrogen and oxygen atoms in total.